The Morgan fingerprint density at radius 1 is 1.00 bits per heavy atom. The van der Waals surface area contributed by atoms with Gasteiger partial charge in [0.15, 0.2) is 0 Å². The van der Waals surface area contributed by atoms with E-state index >= 15 is 0 Å². The van der Waals surface area contributed by atoms with Gasteiger partial charge in [-0.15, -0.1) is 0 Å². The van der Waals surface area contributed by atoms with E-state index in [0.29, 0.717) is 17.0 Å². The number of anilines is 1. The molecule has 0 atom stereocenters. The summed E-state index contributed by atoms with van der Waals surface area (Å²) in [5, 5.41) is 0.748. The molecule has 0 spiro atoms. The number of benzene rings is 2. The highest BCUT2D eigenvalue weighted by Crippen LogP contribution is 2.23. The molecular formula is C15H12FN3O. The van der Waals surface area contributed by atoms with Gasteiger partial charge in [-0.05, 0) is 18.2 Å². The molecule has 0 radical (unpaired) electrons. The normalized spacial score (nSPS) is 10.7. The monoisotopic (exact) mass is 269 g/mol. The average Bonchev–Trinajstić information content (AvgIpc) is 2.46. The summed E-state index contributed by atoms with van der Waals surface area (Å²) in [6.07, 6.45) is 0. The summed E-state index contributed by atoms with van der Waals surface area (Å²) in [6, 6.07) is 13.8. The number of nitrogen functional groups attached to an aromatic ring is 1. The van der Waals surface area contributed by atoms with Crippen LogP contribution in [0.5, 0.6) is 5.88 Å². The van der Waals surface area contributed by atoms with Crippen LogP contribution in [-0.4, -0.2) is 9.97 Å². The zero-order valence-corrected chi connectivity index (χ0v) is 10.6. The Morgan fingerprint density at radius 2 is 1.75 bits per heavy atom. The van der Waals surface area contributed by atoms with Crippen molar-refractivity contribution in [1.29, 1.82) is 0 Å². The van der Waals surface area contributed by atoms with Crippen LogP contribution < -0.4 is 10.5 Å². The summed E-state index contributed by atoms with van der Waals surface area (Å²) in [4.78, 5) is 8.19. The second-order valence-electron chi connectivity index (χ2n) is 4.28. The number of halogens is 1. The number of nitrogens with zero attached hydrogens (tertiary/aromatic N) is 2. The second-order valence-corrected chi connectivity index (χ2v) is 4.28. The molecule has 3 aromatic rings. The molecule has 0 amide bonds. The molecule has 2 aromatic carbocycles. The lowest BCUT2D eigenvalue weighted by Gasteiger charge is -2.09. The molecular weight excluding hydrogens is 257 g/mol. The summed E-state index contributed by atoms with van der Waals surface area (Å²) in [5.41, 5.74) is 6.81. The number of ether oxygens (including phenoxy) is 1. The molecule has 0 aliphatic rings. The van der Waals surface area contributed by atoms with Crippen LogP contribution in [0.2, 0.25) is 0 Å². The van der Waals surface area contributed by atoms with Gasteiger partial charge in [-0.25, -0.2) is 9.37 Å². The van der Waals surface area contributed by atoms with E-state index in [2.05, 4.69) is 9.97 Å². The lowest BCUT2D eigenvalue weighted by Crippen LogP contribution is -2.03. The van der Waals surface area contributed by atoms with Crippen LogP contribution in [0.25, 0.3) is 10.9 Å². The first-order valence-electron chi connectivity index (χ1n) is 6.12. The minimum absolute atomic E-state index is 0.0904. The summed E-state index contributed by atoms with van der Waals surface area (Å²) in [6.45, 7) is 0.0904. The van der Waals surface area contributed by atoms with Gasteiger partial charge in [0.1, 0.15) is 12.4 Å². The standard InChI is InChI=1S/C15H12FN3O/c16-12-7-3-1-5-10(12)9-20-14-11-6-2-4-8-13(11)18-15(17)19-14/h1-8H,9H2,(H2,17,18,19). The molecule has 0 saturated heterocycles. The quantitative estimate of drug-likeness (QED) is 0.794. The molecule has 1 heterocycles. The lowest BCUT2D eigenvalue weighted by molar-refractivity contribution is 0.292. The third kappa shape index (κ3) is 2.38. The SMILES string of the molecule is Nc1nc(OCc2ccccc2F)c2ccccc2n1. The topological polar surface area (TPSA) is 61.0 Å². The summed E-state index contributed by atoms with van der Waals surface area (Å²) < 4.78 is 19.1. The number of nitrogens with two attached hydrogens (primary N) is 1. The fourth-order valence-electron chi connectivity index (χ4n) is 1.94. The maximum atomic E-state index is 13.5. The third-order valence-electron chi connectivity index (χ3n) is 2.91. The van der Waals surface area contributed by atoms with E-state index in [1.165, 1.54) is 6.07 Å². The maximum Gasteiger partial charge on any atom is 0.226 e. The molecule has 0 saturated carbocycles. The molecule has 4 nitrogen and oxygen atoms in total. The van der Waals surface area contributed by atoms with Gasteiger partial charge in [0, 0.05) is 5.56 Å². The van der Waals surface area contributed by atoms with E-state index in [1.54, 1.807) is 18.2 Å². The lowest BCUT2D eigenvalue weighted by atomic mass is 10.2. The van der Waals surface area contributed by atoms with Crippen LogP contribution in [0.1, 0.15) is 5.56 Å². The Labute approximate surface area is 115 Å². The first kappa shape index (κ1) is 12.3. The van der Waals surface area contributed by atoms with Crippen molar-refractivity contribution in [2.45, 2.75) is 6.61 Å². The van der Waals surface area contributed by atoms with Crippen molar-refractivity contribution in [2.24, 2.45) is 0 Å². The van der Waals surface area contributed by atoms with Crippen molar-refractivity contribution in [3.8, 4) is 5.88 Å². The van der Waals surface area contributed by atoms with E-state index < -0.39 is 0 Å². The van der Waals surface area contributed by atoms with Crippen LogP contribution in [0.4, 0.5) is 10.3 Å². The largest absolute Gasteiger partial charge is 0.472 e. The Kier molecular flexibility index (Phi) is 3.16. The van der Waals surface area contributed by atoms with E-state index in [9.17, 15) is 4.39 Å². The number of para-hydroxylation sites is 1. The van der Waals surface area contributed by atoms with E-state index in [4.69, 9.17) is 10.5 Å². The minimum Gasteiger partial charge on any atom is -0.472 e. The zero-order valence-electron chi connectivity index (χ0n) is 10.6. The van der Waals surface area contributed by atoms with Crippen molar-refractivity contribution >= 4 is 16.9 Å². The van der Waals surface area contributed by atoms with Gasteiger partial charge in [0.05, 0.1) is 10.9 Å². The molecule has 5 heteroatoms. The molecule has 0 aliphatic heterocycles. The first-order chi connectivity index (χ1) is 9.74. The third-order valence-corrected chi connectivity index (χ3v) is 2.91. The van der Waals surface area contributed by atoms with Crippen LogP contribution in [-0.2, 0) is 6.61 Å². The molecule has 1 aromatic heterocycles. The van der Waals surface area contributed by atoms with Crippen molar-refractivity contribution in [2.75, 3.05) is 5.73 Å². The Bertz CT molecular complexity index is 761. The van der Waals surface area contributed by atoms with Gasteiger partial charge in [-0.1, -0.05) is 30.3 Å². The Balaban J connectivity index is 1.93. The van der Waals surface area contributed by atoms with E-state index in [-0.39, 0.29) is 18.4 Å². The highest BCUT2D eigenvalue weighted by molar-refractivity contribution is 5.84. The summed E-state index contributed by atoms with van der Waals surface area (Å²) in [7, 11) is 0. The number of fused-ring (bicyclic) bond motifs is 1. The van der Waals surface area contributed by atoms with Crippen LogP contribution in [0.15, 0.2) is 48.5 Å². The fourth-order valence-corrected chi connectivity index (χ4v) is 1.94. The highest BCUT2D eigenvalue weighted by Gasteiger charge is 2.08. The first-order valence-corrected chi connectivity index (χ1v) is 6.12. The van der Waals surface area contributed by atoms with Crippen molar-refractivity contribution in [3.05, 3.63) is 59.9 Å². The number of hydrogen-bond donors (Lipinski definition) is 1. The van der Waals surface area contributed by atoms with Gasteiger partial charge in [0.25, 0.3) is 0 Å². The molecule has 2 N–H and O–H groups in total. The Morgan fingerprint density at radius 3 is 2.60 bits per heavy atom. The van der Waals surface area contributed by atoms with E-state index in [0.717, 1.165) is 5.39 Å². The van der Waals surface area contributed by atoms with Gasteiger partial charge >= 0.3 is 0 Å². The predicted octanol–water partition coefficient (Wildman–Crippen LogP) is 2.93. The van der Waals surface area contributed by atoms with Crippen molar-refractivity contribution in [1.82, 2.24) is 9.97 Å². The maximum absolute atomic E-state index is 13.5. The minimum atomic E-state index is -0.307. The van der Waals surface area contributed by atoms with Crippen LogP contribution in [0.3, 0.4) is 0 Å². The average molecular weight is 269 g/mol. The fraction of sp³-hybridized carbons (Fsp3) is 0.0667. The van der Waals surface area contributed by atoms with Gasteiger partial charge < -0.3 is 10.5 Å². The number of aromatic nitrogens is 2. The van der Waals surface area contributed by atoms with Crippen molar-refractivity contribution < 1.29 is 9.13 Å². The van der Waals surface area contributed by atoms with E-state index in [1.807, 2.05) is 24.3 Å². The summed E-state index contributed by atoms with van der Waals surface area (Å²) >= 11 is 0. The van der Waals surface area contributed by atoms with Crippen molar-refractivity contribution in [3.63, 3.8) is 0 Å². The smallest absolute Gasteiger partial charge is 0.226 e. The molecule has 0 bridgehead atoms. The van der Waals surface area contributed by atoms with Crippen LogP contribution >= 0.6 is 0 Å². The number of hydrogen-bond acceptors (Lipinski definition) is 4. The van der Waals surface area contributed by atoms with Gasteiger partial charge in [0.2, 0.25) is 11.8 Å². The molecule has 3 rings (SSSR count). The van der Waals surface area contributed by atoms with Crippen LogP contribution in [0, 0.1) is 5.82 Å². The second kappa shape index (κ2) is 5.13. The molecule has 100 valence electrons. The number of rotatable bonds is 3. The summed E-state index contributed by atoms with van der Waals surface area (Å²) in [5.74, 6) is 0.183. The van der Waals surface area contributed by atoms with Gasteiger partial charge in [-0.2, -0.15) is 4.98 Å². The Hall–Kier alpha value is -2.69. The highest BCUT2D eigenvalue weighted by atomic mass is 19.1. The zero-order chi connectivity index (χ0) is 13.9. The van der Waals surface area contributed by atoms with Gasteiger partial charge in [-0.3, -0.25) is 0 Å². The molecule has 20 heavy (non-hydrogen) atoms. The molecule has 0 aliphatic carbocycles. The molecule has 0 fully saturated rings. The predicted molar refractivity (Wildman–Crippen MR) is 74.7 cm³/mol. The molecule has 0 unspecified atom stereocenters.